The van der Waals surface area contributed by atoms with Gasteiger partial charge in [-0.3, -0.25) is 4.79 Å². The molecule has 0 heterocycles. The molecule has 0 bridgehead atoms. The number of carbonyl (C=O) groups is 2. The Morgan fingerprint density at radius 1 is 1.39 bits per heavy atom. The summed E-state index contributed by atoms with van der Waals surface area (Å²) < 4.78 is 0.761. The fourth-order valence-corrected chi connectivity index (χ4v) is 1.92. The molecule has 0 radical (unpaired) electrons. The van der Waals surface area contributed by atoms with Crippen molar-refractivity contribution in [3.8, 4) is 0 Å². The zero-order chi connectivity index (χ0) is 13.9. The van der Waals surface area contributed by atoms with Crippen molar-refractivity contribution in [2.24, 2.45) is 5.92 Å². The molecule has 1 amide bonds. The number of nitrogens with two attached hydrogens (primary N) is 1. The predicted molar refractivity (Wildman–Crippen MR) is 77.3 cm³/mol. The van der Waals surface area contributed by atoms with Gasteiger partial charge in [0.15, 0.2) is 0 Å². The van der Waals surface area contributed by atoms with E-state index in [0.717, 1.165) is 3.57 Å². The van der Waals surface area contributed by atoms with Gasteiger partial charge in [-0.25, -0.2) is 4.79 Å². The Kier molecular flexibility index (Phi) is 4.94. The number of carboxylic acid groups (broad SMARTS) is 1. The van der Waals surface area contributed by atoms with Gasteiger partial charge in [0, 0.05) is 14.8 Å². The standard InChI is InChI=1S/C12H15IN2O3/c1-6(2)10(12(17)18)15-11(16)7-3-4-9(14)8(13)5-7/h3-6,10H,14H2,1-2H3,(H,15,16)(H,17,18). The molecule has 5 nitrogen and oxygen atoms in total. The number of nitrogen functional groups attached to an aromatic ring is 1. The number of benzene rings is 1. The van der Waals surface area contributed by atoms with Gasteiger partial charge >= 0.3 is 5.97 Å². The highest BCUT2D eigenvalue weighted by Crippen LogP contribution is 2.16. The second kappa shape index (κ2) is 6.03. The Labute approximate surface area is 119 Å². The van der Waals surface area contributed by atoms with Crippen molar-refractivity contribution in [1.82, 2.24) is 5.32 Å². The fourth-order valence-electron chi connectivity index (χ4n) is 1.41. The van der Waals surface area contributed by atoms with Crippen molar-refractivity contribution in [3.63, 3.8) is 0 Å². The molecule has 98 valence electrons. The summed E-state index contributed by atoms with van der Waals surface area (Å²) in [5, 5.41) is 11.5. The van der Waals surface area contributed by atoms with Crippen LogP contribution >= 0.6 is 22.6 Å². The number of hydrogen-bond donors (Lipinski definition) is 3. The quantitative estimate of drug-likeness (QED) is 0.562. The van der Waals surface area contributed by atoms with Gasteiger partial charge in [-0.1, -0.05) is 13.8 Å². The Hall–Kier alpha value is -1.31. The Bertz CT molecular complexity index is 474. The zero-order valence-electron chi connectivity index (χ0n) is 10.1. The number of rotatable bonds is 4. The van der Waals surface area contributed by atoms with Gasteiger partial charge in [0.1, 0.15) is 6.04 Å². The normalized spacial score (nSPS) is 12.2. The average Bonchev–Trinajstić information content (AvgIpc) is 2.28. The summed E-state index contributed by atoms with van der Waals surface area (Å²) in [6.07, 6.45) is 0. The smallest absolute Gasteiger partial charge is 0.326 e. The summed E-state index contributed by atoms with van der Waals surface area (Å²) >= 11 is 2.02. The van der Waals surface area contributed by atoms with Crippen LogP contribution in [0.2, 0.25) is 0 Å². The van der Waals surface area contributed by atoms with Crippen LogP contribution < -0.4 is 11.1 Å². The first-order valence-electron chi connectivity index (χ1n) is 5.41. The van der Waals surface area contributed by atoms with Crippen LogP contribution in [0.5, 0.6) is 0 Å². The van der Waals surface area contributed by atoms with Crippen molar-refractivity contribution in [2.45, 2.75) is 19.9 Å². The van der Waals surface area contributed by atoms with Gasteiger partial charge in [-0.05, 0) is 46.7 Å². The Morgan fingerprint density at radius 2 is 2.00 bits per heavy atom. The maximum Gasteiger partial charge on any atom is 0.326 e. The van der Waals surface area contributed by atoms with Crippen molar-refractivity contribution in [2.75, 3.05) is 5.73 Å². The molecule has 1 unspecified atom stereocenters. The summed E-state index contributed by atoms with van der Waals surface area (Å²) in [5.41, 5.74) is 6.65. The molecule has 1 aromatic carbocycles. The van der Waals surface area contributed by atoms with Crippen LogP contribution in [0.25, 0.3) is 0 Å². The molecule has 6 heteroatoms. The number of carbonyl (C=O) groups excluding carboxylic acids is 1. The zero-order valence-corrected chi connectivity index (χ0v) is 12.3. The van der Waals surface area contributed by atoms with Crippen LogP contribution in [0, 0.1) is 9.49 Å². The van der Waals surface area contributed by atoms with Gasteiger partial charge in [0.2, 0.25) is 0 Å². The number of halogens is 1. The minimum Gasteiger partial charge on any atom is -0.480 e. The molecule has 0 aromatic heterocycles. The monoisotopic (exact) mass is 362 g/mol. The van der Waals surface area contributed by atoms with Gasteiger partial charge in [0.05, 0.1) is 0 Å². The maximum absolute atomic E-state index is 11.9. The third kappa shape index (κ3) is 3.59. The lowest BCUT2D eigenvalue weighted by atomic mass is 10.0. The van der Waals surface area contributed by atoms with Crippen molar-refractivity contribution < 1.29 is 14.7 Å². The van der Waals surface area contributed by atoms with Crippen molar-refractivity contribution in [1.29, 1.82) is 0 Å². The predicted octanol–water partition coefficient (Wildman–Crippen LogP) is 1.71. The van der Waals surface area contributed by atoms with E-state index in [1.54, 1.807) is 32.0 Å². The van der Waals surface area contributed by atoms with Gasteiger partial charge in [0.25, 0.3) is 5.91 Å². The first-order valence-corrected chi connectivity index (χ1v) is 6.49. The SMILES string of the molecule is CC(C)C(NC(=O)c1ccc(N)c(I)c1)C(=O)O. The lowest BCUT2D eigenvalue weighted by Crippen LogP contribution is -2.44. The highest BCUT2D eigenvalue weighted by atomic mass is 127. The van der Waals surface area contributed by atoms with E-state index >= 15 is 0 Å². The minimum absolute atomic E-state index is 0.181. The number of anilines is 1. The van der Waals surface area contributed by atoms with Gasteiger partial charge in [-0.2, -0.15) is 0 Å². The number of nitrogens with one attached hydrogen (secondary N) is 1. The number of amides is 1. The average molecular weight is 362 g/mol. The first kappa shape index (κ1) is 14.7. The third-order valence-electron chi connectivity index (χ3n) is 2.48. The van der Waals surface area contributed by atoms with E-state index in [0.29, 0.717) is 11.3 Å². The van der Waals surface area contributed by atoms with Crippen LogP contribution in [0.15, 0.2) is 18.2 Å². The molecule has 1 aromatic rings. The molecule has 0 aliphatic rings. The van der Waals surface area contributed by atoms with E-state index in [-0.39, 0.29) is 5.92 Å². The van der Waals surface area contributed by atoms with Crippen LogP contribution in [0.4, 0.5) is 5.69 Å². The molecule has 0 saturated carbocycles. The highest BCUT2D eigenvalue weighted by Gasteiger charge is 2.23. The van der Waals surface area contributed by atoms with Crippen LogP contribution in [-0.2, 0) is 4.79 Å². The van der Waals surface area contributed by atoms with E-state index in [9.17, 15) is 9.59 Å². The maximum atomic E-state index is 11.9. The number of aliphatic carboxylic acids is 1. The number of hydrogen-bond acceptors (Lipinski definition) is 3. The molecule has 0 spiro atoms. The van der Waals surface area contributed by atoms with Crippen LogP contribution in [-0.4, -0.2) is 23.0 Å². The summed E-state index contributed by atoms with van der Waals surface area (Å²) in [6.45, 7) is 3.48. The summed E-state index contributed by atoms with van der Waals surface area (Å²) in [7, 11) is 0. The first-order chi connectivity index (χ1) is 8.32. The second-order valence-electron chi connectivity index (χ2n) is 4.27. The molecule has 18 heavy (non-hydrogen) atoms. The summed E-state index contributed by atoms with van der Waals surface area (Å²) in [4.78, 5) is 22.9. The lowest BCUT2D eigenvalue weighted by Gasteiger charge is -2.18. The fraction of sp³-hybridized carbons (Fsp3) is 0.333. The van der Waals surface area contributed by atoms with E-state index in [1.807, 2.05) is 22.6 Å². The van der Waals surface area contributed by atoms with Crippen molar-refractivity contribution in [3.05, 3.63) is 27.3 Å². The topological polar surface area (TPSA) is 92.4 Å². The van der Waals surface area contributed by atoms with Crippen LogP contribution in [0.3, 0.4) is 0 Å². The Balaban J connectivity index is 2.87. The second-order valence-corrected chi connectivity index (χ2v) is 5.43. The van der Waals surface area contributed by atoms with E-state index < -0.39 is 17.9 Å². The minimum atomic E-state index is -1.04. The molecular weight excluding hydrogens is 347 g/mol. The molecule has 0 saturated heterocycles. The summed E-state index contributed by atoms with van der Waals surface area (Å²) in [5.74, 6) is -1.63. The Morgan fingerprint density at radius 3 is 2.44 bits per heavy atom. The van der Waals surface area contributed by atoms with E-state index in [1.165, 1.54) is 0 Å². The molecule has 0 fully saturated rings. The number of carboxylic acids is 1. The van der Waals surface area contributed by atoms with E-state index in [4.69, 9.17) is 10.8 Å². The highest BCUT2D eigenvalue weighted by molar-refractivity contribution is 14.1. The van der Waals surface area contributed by atoms with Gasteiger partial charge in [-0.15, -0.1) is 0 Å². The molecule has 1 atom stereocenters. The van der Waals surface area contributed by atoms with Crippen LogP contribution in [0.1, 0.15) is 24.2 Å². The largest absolute Gasteiger partial charge is 0.480 e. The molecule has 1 rings (SSSR count). The summed E-state index contributed by atoms with van der Waals surface area (Å²) in [6, 6.07) is 3.94. The van der Waals surface area contributed by atoms with Crippen molar-refractivity contribution >= 4 is 40.2 Å². The molecule has 4 N–H and O–H groups in total. The molecular formula is C12H15IN2O3. The third-order valence-corrected chi connectivity index (χ3v) is 3.42. The lowest BCUT2D eigenvalue weighted by molar-refractivity contribution is -0.140. The van der Waals surface area contributed by atoms with Gasteiger partial charge < -0.3 is 16.2 Å². The molecule has 0 aliphatic carbocycles. The van der Waals surface area contributed by atoms with E-state index in [2.05, 4.69) is 5.32 Å². The molecule has 0 aliphatic heterocycles.